The van der Waals surface area contributed by atoms with Crippen LogP contribution in [0.15, 0.2) is 24.3 Å². The molecule has 0 spiro atoms. The van der Waals surface area contributed by atoms with Crippen LogP contribution in [0.4, 0.5) is 0 Å². The van der Waals surface area contributed by atoms with E-state index < -0.39 is 0 Å². The molecule has 114 valence electrons. The van der Waals surface area contributed by atoms with Crippen LogP contribution in [0.3, 0.4) is 0 Å². The van der Waals surface area contributed by atoms with Crippen LogP contribution < -0.4 is 0 Å². The first kappa shape index (κ1) is 17.3. The van der Waals surface area contributed by atoms with E-state index in [1.165, 1.54) is 0 Å². The maximum Gasteiger partial charge on any atom is 0.255 e. The Morgan fingerprint density at radius 1 is 1.24 bits per heavy atom. The van der Waals surface area contributed by atoms with E-state index in [-0.39, 0.29) is 18.6 Å². The number of rotatable bonds is 5. The number of carbonyl (C=O) groups is 1. The molecule has 1 amide bonds. The predicted octanol–water partition coefficient (Wildman–Crippen LogP) is 2.93. The molecule has 0 saturated heterocycles. The lowest BCUT2D eigenvalue weighted by Gasteiger charge is -2.29. The van der Waals surface area contributed by atoms with Gasteiger partial charge in [-0.15, -0.1) is 0 Å². The number of carbonyl (C=O) groups excluding carboxylic acids is 1. The second-order valence-electron chi connectivity index (χ2n) is 5.77. The highest BCUT2D eigenvalue weighted by Crippen LogP contribution is 2.15. The van der Waals surface area contributed by atoms with Gasteiger partial charge in [0.2, 0.25) is 0 Å². The molecule has 0 bridgehead atoms. The largest absolute Gasteiger partial charge is 0.395 e. The summed E-state index contributed by atoms with van der Waals surface area (Å²) in [5.41, 5.74) is 1.36. The van der Waals surface area contributed by atoms with Gasteiger partial charge in [-0.2, -0.15) is 0 Å². The van der Waals surface area contributed by atoms with Crippen LogP contribution in [-0.4, -0.2) is 35.1 Å². The maximum atomic E-state index is 12.8. The molecular formula is C18H25NO2. The second kappa shape index (κ2) is 8.49. The molecule has 0 heterocycles. The Balaban J connectivity index is 3.08. The molecule has 0 saturated carbocycles. The molecule has 0 unspecified atom stereocenters. The lowest BCUT2D eigenvalue weighted by Crippen LogP contribution is -2.39. The standard InChI is InChI=1S/C18H25NO2/c1-14(2)13-19(15(3)4)18(21)17-11-6-5-9-16(17)10-7-8-12-20/h5-6,9,11,14-15,20H,8,12-13H2,1-4H3. The molecule has 1 rings (SSSR count). The maximum absolute atomic E-state index is 12.8. The topological polar surface area (TPSA) is 40.5 Å². The zero-order chi connectivity index (χ0) is 15.8. The van der Waals surface area contributed by atoms with Crippen LogP contribution in [-0.2, 0) is 0 Å². The van der Waals surface area contributed by atoms with Gasteiger partial charge in [-0.3, -0.25) is 4.79 Å². The van der Waals surface area contributed by atoms with Crippen molar-refractivity contribution in [1.29, 1.82) is 0 Å². The van der Waals surface area contributed by atoms with E-state index in [1.54, 1.807) is 0 Å². The molecule has 1 aromatic carbocycles. The number of hydrogen-bond acceptors (Lipinski definition) is 2. The number of aliphatic hydroxyl groups is 1. The summed E-state index contributed by atoms with van der Waals surface area (Å²) < 4.78 is 0. The summed E-state index contributed by atoms with van der Waals surface area (Å²) in [7, 11) is 0. The van der Waals surface area contributed by atoms with E-state index in [0.717, 1.165) is 12.1 Å². The Labute approximate surface area is 128 Å². The first-order valence-corrected chi connectivity index (χ1v) is 7.47. The van der Waals surface area contributed by atoms with Crippen LogP contribution in [0.5, 0.6) is 0 Å². The monoisotopic (exact) mass is 287 g/mol. The SMILES string of the molecule is CC(C)CN(C(=O)c1ccccc1C#CCCO)C(C)C. The first-order chi connectivity index (χ1) is 9.97. The van der Waals surface area contributed by atoms with Crippen LogP contribution in [0, 0.1) is 17.8 Å². The van der Waals surface area contributed by atoms with Gasteiger partial charge in [0.05, 0.1) is 12.2 Å². The van der Waals surface area contributed by atoms with E-state index in [1.807, 2.05) is 43.0 Å². The van der Waals surface area contributed by atoms with Gasteiger partial charge in [0.15, 0.2) is 0 Å². The van der Waals surface area contributed by atoms with E-state index in [0.29, 0.717) is 17.9 Å². The molecule has 0 atom stereocenters. The molecule has 3 heteroatoms. The van der Waals surface area contributed by atoms with Crippen molar-refractivity contribution in [3.8, 4) is 11.8 Å². The third kappa shape index (κ3) is 5.24. The fourth-order valence-corrected chi connectivity index (χ4v) is 2.07. The van der Waals surface area contributed by atoms with Crippen molar-refractivity contribution < 1.29 is 9.90 Å². The Kier molecular flexibility index (Phi) is 6.98. The molecule has 1 N–H and O–H groups in total. The lowest BCUT2D eigenvalue weighted by atomic mass is 10.0. The van der Waals surface area contributed by atoms with Gasteiger partial charge in [0.25, 0.3) is 5.91 Å². The third-order valence-corrected chi connectivity index (χ3v) is 3.06. The highest BCUT2D eigenvalue weighted by Gasteiger charge is 2.21. The first-order valence-electron chi connectivity index (χ1n) is 7.47. The van der Waals surface area contributed by atoms with Crippen molar-refractivity contribution in [2.75, 3.05) is 13.2 Å². The van der Waals surface area contributed by atoms with Crippen molar-refractivity contribution in [2.45, 2.75) is 40.2 Å². The highest BCUT2D eigenvalue weighted by atomic mass is 16.2. The van der Waals surface area contributed by atoms with Crippen LogP contribution in [0.2, 0.25) is 0 Å². The predicted molar refractivity (Wildman–Crippen MR) is 86.0 cm³/mol. The zero-order valence-corrected chi connectivity index (χ0v) is 13.4. The quantitative estimate of drug-likeness (QED) is 0.846. The number of nitrogens with zero attached hydrogens (tertiary/aromatic N) is 1. The molecular weight excluding hydrogens is 262 g/mol. The molecule has 0 aliphatic carbocycles. The van der Waals surface area contributed by atoms with Crippen molar-refractivity contribution >= 4 is 5.91 Å². The van der Waals surface area contributed by atoms with Crippen molar-refractivity contribution in [3.05, 3.63) is 35.4 Å². The van der Waals surface area contributed by atoms with Crippen molar-refractivity contribution in [3.63, 3.8) is 0 Å². The van der Waals surface area contributed by atoms with Gasteiger partial charge >= 0.3 is 0 Å². The average Bonchev–Trinajstić information content (AvgIpc) is 2.44. The summed E-state index contributed by atoms with van der Waals surface area (Å²) in [5, 5.41) is 8.81. The van der Waals surface area contributed by atoms with E-state index in [2.05, 4.69) is 25.7 Å². The molecule has 1 aromatic rings. The minimum atomic E-state index is 0.0209. The van der Waals surface area contributed by atoms with E-state index in [4.69, 9.17) is 5.11 Å². The second-order valence-corrected chi connectivity index (χ2v) is 5.77. The minimum absolute atomic E-state index is 0.0209. The Hall–Kier alpha value is -1.79. The molecule has 0 aliphatic rings. The highest BCUT2D eigenvalue weighted by molar-refractivity contribution is 5.97. The molecule has 0 fully saturated rings. The molecule has 0 aliphatic heterocycles. The molecule has 0 aromatic heterocycles. The summed E-state index contributed by atoms with van der Waals surface area (Å²) in [6.07, 6.45) is 0.419. The van der Waals surface area contributed by atoms with Gasteiger partial charge in [0, 0.05) is 24.6 Å². The van der Waals surface area contributed by atoms with Gasteiger partial charge < -0.3 is 10.0 Å². The third-order valence-electron chi connectivity index (χ3n) is 3.06. The minimum Gasteiger partial charge on any atom is -0.395 e. The van der Waals surface area contributed by atoms with Crippen molar-refractivity contribution in [2.24, 2.45) is 5.92 Å². The van der Waals surface area contributed by atoms with Crippen LogP contribution >= 0.6 is 0 Å². The number of hydrogen-bond donors (Lipinski definition) is 1. The average molecular weight is 287 g/mol. The Morgan fingerprint density at radius 2 is 1.90 bits per heavy atom. The van der Waals surface area contributed by atoms with Gasteiger partial charge in [0.1, 0.15) is 0 Å². The number of aliphatic hydroxyl groups excluding tert-OH is 1. The summed E-state index contributed by atoms with van der Waals surface area (Å²) in [5.74, 6) is 6.31. The molecule has 0 radical (unpaired) electrons. The van der Waals surface area contributed by atoms with Gasteiger partial charge in [-0.25, -0.2) is 0 Å². The number of benzene rings is 1. The van der Waals surface area contributed by atoms with Crippen molar-refractivity contribution in [1.82, 2.24) is 4.90 Å². The summed E-state index contributed by atoms with van der Waals surface area (Å²) >= 11 is 0. The summed E-state index contributed by atoms with van der Waals surface area (Å²) in [6.45, 7) is 9.04. The van der Waals surface area contributed by atoms with Gasteiger partial charge in [-0.05, 0) is 31.9 Å². The van der Waals surface area contributed by atoms with E-state index in [9.17, 15) is 4.79 Å². The van der Waals surface area contributed by atoms with E-state index >= 15 is 0 Å². The molecule has 3 nitrogen and oxygen atoms in total. The van der Waals surface area contributed by atoms with Crippen LogP contribution in [0.1, 0.15) is 50.0 Å². The lowest BCUT2D eigenvalue weighted by molar-refractivity contribution is 0.0681. The normalized spacial score (nSPS) is 10.4. The smallest absolute Gasteiger partial charge is 0.255 e. The fraction of sp³-hybridized carbons (Fsp3) is 0.500. The molecule has 21 heavy (non-hydrogen) atoms. The fourth-order valence-electron chi connectivity index (χ4n) is 2.07. The Morgan fingerprint density at radius 3 is 2.48 bits per heavy atom. The summed E-state index contributed by atoms with van der Waals surface area (Å²) in [6, 6.07) is 7.56. The van der Waals surface area contributed by atoms with Gasteiger partial charge in [-0.1, -0.05) is 37.8 Å². The number of amides is 1. The zero-order valence-electron chi connectivity index (χ0n) is 13.4. The summed E-state index contributed by atoms with van der Waals surface area (Å²) in [4.78, 5) is 14.7. The van der Waals surface area contributed by atoms with Crippen LogP contribution in [0.25, 0.3) is 0 Å². The Bertz CT molecular complexity index is 524.